The molecule has 6 atom stereocenters. The maximum atomic E-state index is 12.1. The van der Waals surface area contributed by atoms with E-state index in [1.54, 1.807) is 0 Å². The summed E-state index contributed by atoms with van der Waals surface area (Å²) in [4.78, 5) is 0. The van der Waals surface area contributed by atoms with Crippen molar-refractivity contribution in [3.63, 3.8) is 0 Å². The van der Waals surface area contributed by atoms with Crippen LogP contribution in [0.1, 0.15) is 16.7 Å². The van der Waals surface area contributed by atoms with Gasteiger partial charge in [-0.05, 0) is 16.7 Å². The van der Waals surface area contributed by atoms with Crippen molar-refractivity contribution in [3.8, 4) is 0 Å². The molecule has 3 aromatic rings. The molecule has 1 aliphatic heterocycles. The molecule has 4 N–H and O–H groups in total. The van der Waals surface area contributed by atoms with Crippen molar-refractivity contribution in [2.24, 2.45) is 0 Å². The van der Waals surface area contributed by atoms with Gasteiger partial charge in [-0.1, -0.05) is 91.0 Å². The Labute approximate surface area is 200 Å². The summed E-state index contributed by atoms with van der Waals surface area (Å²) in [6, 6.07) is 27.7. The van der Waals surface area contributed by atoms with E-state index in [0.717, 1.165) is 16.7 Å². The highest BCUT2D eigenvalue weighted by molar-refractivity contribution is 5.27. The normalized spacial score (nSPS) is 30.1. The average molecular weight is 465 g/mol. The van der Waals surface area contributed by atoms with Crippen LogP contribution in [0.2, 0.25) is 0 Å². The zero-order valence-corrected chi connectivity index (χ0v) is 19.2. The Kier molecular flexibility index (Phi) is 7.48. The first-order valence-corrected chi connectivity index (χ1v) is 11.5. The molecule has 0 aliphatic carbocycles. The van der Waals surface area contributed by atoms with Gasteiger partial charge in [0.25, 0.3) is 0 Å². The Hall–Kier alpha value is -2.58. The number of aliphatic hydroxyl groups is 4. The molecule has 34 heavy (non-hydrogen) atoms. The molecule has 3 aromatic carbocycles. The predicted molar refractivity (Wildman–Crippen MR) is 128 cm³/mol. The first-order valence-electron chi connectivity index (χ1n) is 11.5. The van der Waals surface area contributed by atoms with E-state index in [-0.39, 0.29) is 19.3 Å². The third-order valence-electron chi connectivity index (χ3n) is 6.73. The first kappa shape index (κ1) is 24.5. The Morgan fingerprint density at radius 2 is 1.21 bits per heavy atom. The highest BCUT2D eigenvalue weighted by Crippen LogP contribution is 2.44. The van der Waals surface area contributed by atoms with E-state index in [0.29, 0.717) is 0 Å². The van der Waals surface area contributed by atoms with Gasteiger partial charge in [-0.25, -0.2) is 0 Å². The van der Waals surface area contributed by atoms with Gasteiger partial charge in [0.15, 0.2) is 11.9 Å². The summed E-state index contributed by atoms with van der Waals surface area (Å²) >= 11 is 0. The number of methoxy groups -OCH3 is 1. The van der Waals surface area contributed by atoms with Gasteiger partial charge in [-0.2, -0.15) is 0 Å². The fraction of sp³-hybridized carbons (Fsp3) is 0.357. The maximum Gasteiger partial charge on any atom is 0.189 e. The highest BCUT2D eigenvalue weighted by atomic mass is 16.7. The van der Waals surface area contributed by atoms with Crippen LogP contribution >= 0.6 is 0 Å². The van der Waals surface area contributed by atoms with Crippen LogP contribution in [0.25, 0.3) is 0 Å². The summed E-state index contributed by atoms with van der Waals surface area (Å²) in [6.45, 7) is 0. The summed E-state index contributed by atoms with van der Waals surface area (Å²) in [5.74, 6) is 0. The van der Waals surface area contributed by atoms with Crippen LogP contribution in [0, 0.1) is 0 Å². The number of rotatable bonds is 8. The van der Waals surface area contributed by atoms with Crippen LogP contribution in [0.15, 0.2) is 91.0 Å². The lowest BCUT2D eigenvalue weighted by Gasteiger charge is -2.56. The molecular weight excluding hydrogens is 432 g/mol. The molecule has 1 unspecified atom stereocenters. The van der Waals surface area contributed by atoms with E-state index in [1.165, 1.54) is 7.11 Å². The zero-order valence-electron chi connectivity index (χ0n) is 19.2. The van der Waals surface area contributed by atoms with Gasteiger partial charge in [0.05, 0.1) is 6.10 Å². The van der Waals surface area contributed by atoms with Crippen LogP contribution < -0.4 is 0 Å². The number of ether oxygens (including phenoxy) is 2. The molecule has 0 spiro atoms. The molecule has 0 radical (unpaired) electrons. The van der Waals surface area contributed by atoms with E-state index in [1.807, 2.05) is 91.0 Å². The summed E-state index contributed by atoms with van der Waals surface area (Å²) < 4.78 is 11.5. The Morgan fingerprint density at radius 3 is 1.68 bits per heavy atom. The van der Waals surface area contributed by atoms with Crippen molar-refractivity contribution in [2.45, 2.75) is 55.1 Å². The smallest absolute Gasteiger partial charge is 0.189 e. The molecule has 1 aliphatic rings. The highest BCUT2D eigenvalue weighted by Gasteiger charge is 2.65. The van der Waals surface area contributed by atoms with Crippen LogP contribution in [0.5, 0.6) is 0 Å². The van der Waals surface area contributed by atoms with Crippen LogP contribution in [0.4, 0.5) is 0 Å². The molecular formula is C28H32O6. The largest absolute Gasteiger partial charge is 0.390 e. The Bertz CT molecular complexity index is 1030. The molecule has 0 saturated carbocycles. The lowest BCUT2D eigenvalue weighted by Crippen LogP contribution is -2.77. The summed E-state index contributed by atoms with van der Waals surface area (Å²) in [5, 5.41) is 46.6. The molecule has 180 valence electrons. The molecule has 4 rings (SSSR count). The predicted octanol–water partition coefficient (Wildman–Crippen LogP) is 2.27. The van der Waals surface area contributed by atoms with Crippen LogP contribution in [-0.2, 0) is 28.7 Å². The van der Waals surface area contributed by atoms with Crippen molar-refractivity contribution >= 4 is 0 Å². The Morgan fingerprint density at radius 1 is 0.765 bits per heavy atom. The molecule has 6 heteroatoms. The standard InChI is InChI=1S/C28H32O6/c1-33-26-28(32,19-22-15-9-4-10-16-22)27(31,18-21-13-7-3-8-14-21)25(30)24(34-26)23(29)17-20-11-5-2-6-12-20/h2-16,23-26,29-32H,17-19H2,1H3/t23?,24-,25+,26+,27+,28+/m1/s1. The fourth-order valence-corrected chi connectivity index (χ4v) is 4.89. The summed E-state index contributed by atoms with van der Waals surface area (Å²) in [7, 11) is 1.38. The minimum Gasteiger partial charge on any atom is -0.390 e. The molecule has 6 nitrogen and oxygen atoms in total. The van der Waals surface area contributed by atoms with Crippen molar-refractivity contribution < 1.29 is 29.9 Å². The number of hydrogen-bond donors (Lipinski definition) is 4. The number of hydrogen-bond acceptors (Lipinski definition) is 6. The van der Waals surface area contributed by atoms with Gasteiger partial charge >= 0.3 is 0 Å². The van der Waals surface area contributed by atoms with Crippen molar-refractivity contribution in [3.05, 3.63) is 108 Å². The van der Waals surface area contributed by atoms with Gasteiger partial charge in [0.1, 0.15) is 17.8 Å². The maximum absolute atomic E-state index is 12.1. The minimum absolute atomic E-state index is 0.0196. The van der Waals surface area contributed by atoms with Crippen molar-refractivity contribution in [1.29, 1.82) is 0 Å². The minimum atomic E-state index is -2.08. The van der Waals surface area contributed by atoms with E-state index in [9.17, 15) is 20.4 Å². The van der Waals surface area contributed by atoms with Gasteiger partial charge in [0.2, 0.25) is 0 Å². The van der Waals surface area contributed by atoms with E-state index >= 15 is 0 Å². The van der Waals surface area contributed by atoms with Gasteiger partial charge in [-0.3, -0.25) is 0 Å². The van der Waals surface area contributed by atoms with E-state index in [2.05, 4.69) is 0 Å². The summed E-state index contributed by atoms with van der Waals surface area (Å²) in [5.41, 5.74) is -1.75. The van der Waals surface area contributed by atoms with Crippen molar-refractivity contribution in [1.82, 2.24) is 0 Å². The summed E-state index contributed by atoms with van der Waals surface area (Å²) in [6.07, 6.45) is -5.08. The quantitative estimate of drug-likeness (QED) is 0.408. The molecule has 1 heterocycles. The van der Waals surface area contributed by atoms with E-state index < -0.39 is 35.8 Å². The van der Waals surface area contributed by atoms with Crippen LogP contribution in [0.3, 0.4) is 0 Å². The molecule has 0 amide bonds. The molecule has 0 bridgehead atoms. The number of aliphatic hydroxyl groups excluding tert-OH is 2. The van der Waals surface area contributed by atoms with Gasteiger partial charge in [0, 0.05) is 26.4 Å². The van der Waals surface area contributed by atoms with Crippen LogP contribution in [-0.4, -0.2) is 63.3 Å². The average Bonchev–Trinajstić information content (AvgIpc) is 2.85. The second-order valence-electron chi connectivity index (χ2n) is 9.04. The third kappa shape index (κ3) is 4.79. The number of benzene rings is 3. The molecule has 0 aromatic heterocycles. The lowest BCUT2D eigenvalue weighted by molar-refractivity contribution is -0.375. The third-order valence-corrected chi connectivity index (χ3v) is 6.73. The van der Waals surface area contributed by atoms with Gasteiger partial charge < -0.3 is 29.9 Å². The fourth-order valence-electron chi connectivity index (χ4n) is 4.89. The molecule has 1 saturated heterocycles. The topological polar surface area (TPSA) is 99.4 Å². The Balaban J connectivity index is 1.72. The first-order chi connectivity index (χ1) is 16.4. The zero-order chi connectivity index (χ0) is 24.2. The molecule has 1 fully saturated rings. The monoisotopic (exact) mass is 464 g/mol. The second-order valence-corrected chi connectivity index (χ2v) is 9.04. The van der Waals surface area contributed by atoms with Crippen molar-refractivity contribution in [2.75, 3.05) is 7.11 Å². The van der Waals surface area contributed by atoms with E-state index in [4.69, 9.17) is 9.47 Å². The SMILES string of the molecule is CO[C@H]1O[C@H](C(O)Cc2ccccc2)[C@H](O)[C@@](O)(Cc2ccccc2)[C@]1(O)Cc1ccccc1. The second kappa shape index (κ2) is 10.4. The van der Waals surface area contributed by atoms with Gasteiger partial charge in [-0.15, -0.1) is 0 Å². The lowest BCUT2D eigenvalue weighted by atomic mass is 9.67.